The molecule has 2 aromatic carbocycles. The molecule has 0 saturated carbocycles. The van der Waals surface area contributed by atoms with Gasteiger partial charge in [-0.1, -0.05) is 28.5 Å². The highest BCUT2D eigenvalue weighted by atomic mass is 35.5. The monoisotopic (exact) mass is 413 g/mol. The minimum absolute atomic E-state index is 0.495. The molecule has 9 heteroatoms. The molecule has 0 fully saturated rings. The summed E-state index contributed by atoms with van der Waals surface area (Å²) in [5.74, 6) is 3.14. The van der Waals surface area contributed by atoms with Crippen LogP contribution in [0.1, 0.15) is 11.7 Å². The fourth-order valence-electron chi connectivity index (χ4n) is 2.64. The van der Waals surface area contributed by atoms with Crippen molar-refractivity contribution in [3.63, 3.8) is 0 Å². The molecule has 2 aromatic heterocycles. The number of rotatable bonds is 6. The minimum atomic E-state index is 0.495. The van der Waals surface area contributed by atoms with Crippen LogP contribution in [0.25, 0.3) is 17.1 Å². The smallest absolute Gasteiger partial charge is 0.237 e. The number of methoxy groups -OCH3 is 1. The molecule has 142 valence electrons. The van der Waals surface area contributed by atoms with Gasteiger partial charge in [0.15, 0.2) is 16.8 Å². The van der Waals surface area contributed by atoms with Crippen molar-refractivity contribution in [2.75, 3.05) is 7.11 Å². The van der Waals surface area contributed by atoms with Crippen molar-refractivity contribution in [2.45, 2.75) is 17.8 Å². The van der Waals surface area contributed by atoms with Crippen molar-refractivity contribution in [1.29, 1.82) is 0 Å². The minimum Gasteiger partial charge on any atom is -0.497 e. The standard InChI is InChI=1S/C19H16ClN5O2S/c1-12-21-17(27-24-12)11-28-19-23-22-18(13-3-9-16(26-2)10-4-13)25(19)15-7-5-14(20)6-8-15/h3-10H,11H2,1-2H3. The summed E-state index contributed by atoms with van der Waals surface area (Å²) >= 11 is 7.53. The zero-order valence-electron chi connectivity index (χ0n) is 15.2. The number of thioether (sulfide) groups is 1. The Kier molecular flexibility index (Phi) is 5.31. The van der Waals surface area contributed by atoms with Crippen molar-refractivity contribution in [1.82, 2.24) is 24.9 Å². The summed E-state index contributed by atoms with van der Waals surface area (Å²) in [4.78, 5) is 4.24. The van der Waals surface area contributed by atoms with E-state index in [9.17, 15) is 0 Å². The van der Waals surface area contributed by atoms with E-state index >= 15 is 0 Å². The van der Waals surface area contributed by atoms with Crippen LogP contribution < -0.4 is 4.74 Å². The molecule has 7 nitrogen and oxygen atoms in total. The van der Waals surface area contributed by atoms with Crippen molar-refractivity contribution >= 4 is 23.4 Å². The van der Waals surface area contributed by atoms with Gasteiger partial charge in [0.2, 0.25) is 5.89 Å². The summed E-state index contributed by atoms with van der Waals surface area (Å²) < 4.78 is 12.4. The summed E-state index contributed by atoms with van der Waals surface area (Å²) in [6, 6.07) is 15.2. The highest BCUT2D eigenvalue weighted by Gasteiger charge is 2.17. The topological polar surface area (TPSA) is 78.9 Å². The van der Waals surface area contributed by atoms with Gasteiger partial charge >= 0.3 is 0 Å². The summed E-state index contributed by atoms with van der Waals surface area (Å²) in [6.07, 6.45) is 0. The molecule has 0 aliphatic carbocycles. The first-order chi connectivity index (χ1) is 13.6. The maximum Gasteiger partial charge on any atom is 0.237 e. The lowest BCUT2D eigenvalue weighted by Gasteiger charge is -2.10. The van der Waals surface area contributed by atoms with Gasteiger partial charge in [-0.05, 0) is 55.5 Å². The van der Waals surface area contributed by atoms with Gasteiger partial charge in [0.05, 0.1) is 12.9 Å². The van der Waals surface area contributed by atoms with E-state index in [1.165, 1.54) is 11.8 Å². The number of aromatic nitrogens is 5. The van der Waals surface area contributed by atoms with E-state index in [-0.39, 0.29) is 0 Å². The molecule has 0 aliphatic heterocycles. The van der Waals surface area contributed by atoms with E-state index in [4.69, 9.17) is 20.9 Å². The lowest BCUT2D eigenvalue weighted by molar-refractivity contribution is 0.387. The number of hydrogen-bond donors (Lipinski definition) is 0. The van der Waals surface area contributed by atoms with E-state index in [0.717, 1.165) is 17.0 Å². The van der Waals surface area contributed by atoms with Crippen LogP contribution in [-0.4, -0.2) is 32.0 Å². The maximum atomic E-state index is 6.06. The molecule has 0 aliphatic rings. The molecule has 0 radical (unpaired) electrons. The first kappa shape index (κ1) is 18.5. The Hall–Kier alpha value is -2.84. The number of aryl methyl sites for hydroxylation is 1. The Morgan fingerprint density at radius 2 is 1.82 bits per heavy atom. The van der Waals surface area contributed by atoms with Crippen LogP contribution in [0.15, 0.2) is 58.2 Å². The lowest BCUT2D eigenvalue weighted by atomic mass is 10.2. The normalized spacial score (nSPS) is 11.0. The Labute approximate surface area is 170 Å². The Balaban J connectivity index is 1.72. The summed E-state index contributed by atoms with van der Waals surface area (Å²) in [5.41, 5.74) is 1.83. The molecule has 0 saturated heterocycles. The zero-order valence-corrected chi connectivity index (χ0v) is 16.7. The average molecular weight is 414 g/mol. The molecular weight excluding hydrogens is 398 g/mol. The highest BCUT2D eigenvalue weighted by Crippen LogP contribution is 2.30. The third-order valence-electron chi connectivity index (χ3n) is 3.96. The average Bonchev–Trinajstić information content (AvgIpc) is 3.33. The zero-order chi connectivity index (χ0) is 19.5. The fourth-order valence-corrected chi connectivity index (χ4v) is 3.55. The van der Waals surface area contributed by atoms with E-state index in [0.29, 0.717) is 33.5 Å². The quantitative estimate of drug-likeness (QED) is 0.428. The predicted octanol–water partition coefficient (Wildman–Crippen LogP) is 4.58. The largest absolute Gasteiger partial charge is 0.497 e. The van der Waals surface area contributed by atoms with Crippen LogP contribution in [0.2, 0.25) is 5.02 Å². The van der Waals surface area contributed by atoms with Crippen LogP contribution >= 0.6 is 23.4 Å². The van der Waals surface area contributed by atoms with Crippen molar-refractivity contribution in [3.8, 4) is 22.8 Å². The second-order valence-electron chi connectivity index (χ2n) is 5.87. The lowest BCUT2D eigenvalue weighted by Crippen LogP contribution is -2.00. The van der Waals surface area contributed by atoms with E-state index in [1.54, 1.807) is 14.0 Å². The van der Waals surface area contributed by atoms with Crippen LogP contribution in [0.5, 0.6) is 5.75 Å². The summed E-state index contributed by atoms with van der Waals surface area (Å²) in [5, 5.41) is 14.0. The van der Waals surface area contributed by atoms with Gasteiger partial charge in [-0.25, -0.2) is 0 Å². The van der Waals surface area contributed by atoms with Gasteiger partial charge in [-0.3, -0.25) is 4.57 Å². The highest BCUT2D eigenvalue weighted by molar-refractivity contribution is 7.98. The Morgan fingerprint density at radius 3 is 2.46 bits per heavy atom. The second kappa shape index (κ2) is 8.04. The number of halogens is 1. The number of benzene rings is 2. The molecule has 0 unspecified atom stereocenters. The van der Waals surface area contributed by atoms with Crippen LogP contribution in [0.3, 0.4) is 0 Å². The Bertz CT molecular complexity index is 1080. The van der Waals surface area contributed by atoms with E-state index < -0.39 is 0 Å². The van der Waals surface area contributed by atoms with Crippen molar-refractivity contribution < 1.29 is 9.26 Å². The molecule has 0 amide bonds. The van der Waals surface area contributed by atoms with E-state index in [2.05, 4.69) is 20.3 Å². The third-order valence-corrected chi connectivity index (χ3v) is 5.13. The predicted molar refractivity (Wildman–Crippen MR) is 107 cm³/mol. The fraction of sp³-hybridized carbons (Fsp3) is 0.158. The molecule has 0 bridgehead atoms. The third kappa shape index (κ3) is 3.88. The van der Waals surface area contributed by atoms with Gasteiger partial charge in [0.1, 0.15) is 5.75 Å². The van der Waals surface area contributed by atoms with Gasteiger partial charge in [0, 0.05) is 16.3 Å². The molecular formula is C19H16ClN5O2S. The number of hydrogen-bond acceptors (Lipinski definition) is 7. The molecule has 2 heterocycles. The summed E-state index contributed by atoms with van der Waals surface area (Å²) in [6.45, 7) is 1.79. The first-order valence-corrected chi connectivity index (χ1v) is 9.78. The van der Waals surface area contributed by atoms with Gasteiger partial charge in [0.25, 0.3) is 0 Å². The molecule has 28 heavy (non-hydrogen) atoms. The molecule has 4 rings (SSSR count). The molecule has 0 N–H and O–H groups in total. The number of nitrogens with zero attached hydrogens (tertiary/aromatic N) is 5. The van der Waals surface area contributed by atoms with Crippen LogP contribution in [-0.2, 0) is 5.75 Å². The van der Waals surface area contributed by atoms with E-state index in [1.807, 2.05) is 53.1 Å². The van der Waals surface area contributed by atoms with Gasteiger partial charge < -0.3 is 9.26 Å². The maximum absolute atomic E-state index is 6.06. The Morgan fingerprint density at radius 1 is 1.07 bits per heavy atom. The first-order valence-electron chi connectivity index (χ1n) is 8.42. The summed E-state index contributed by atoms with van der Waals surface area (Å²) in [7, 11) is 1.64. The van der Waals surface area contributed by atoms with Crippen molar-refractivity contribution in [2.24, 2.45) is 0 Å². The molecule has 0 atom stereocenters. The van der Waals surface area contributed by atoms with Crippen LogP contribution in [0.4, 0.5) is 0 Å². The second-order valence-corrected chi connectivity index (χ2v) is 7.25. The van der Waals surface area contributed by atoms with Crippen LogP contribution in [0, 0.1) is 6.92 Å². The molecule has 0 spiro atoms. The van der Waals surface area contributed by atoms with Gasteiger partial charge in [-0.2, -0.15) is 4.98 Å². The SMILES string of the molecule is COc1ccc(-c2nnc(SCc3nc(C)no3)n2-c2ccc(Cl)cc2)cc1. The van der Waals surface area contributed by atoms with Gasteiger partial charge in [-0.15, -0.1) is 10.2 Å². The van der Waals surface area contributed by atoms with Crippen molar-refractivity contribution in [3.05, 3.63) is 65.3 Å². The molecule has 4 aromatic rings. The number of ether oxygens (including phenoxy) is 1.